The number of hydrogen-bond donors (Lipinski definition) is 1. The zero-order valence-electron chi connectivity index (χ0n) is 15.6. The van der Waals surface area contributed by atoms with Crippen molar-refractivity contribution in [3.63, 3.8) is 0 Å². The van der Waals surface area contributed by atoms with Gasteiger partial charge < -0.3 is 5.73 Å². The van der Waals surface area contributed by atoms with Crippen LogP contribution in [0.15, 0.2) is 47.6 Å². The highest BCUT2D eigenvalue weighted by Gasteiger charge is 2.15. The molecule has 0 aromatic heterocycles. The van der Waals surface area contributed by atoms with Crippen molar-refractivity contribution in [3.05, 3.63) is 47.6 Å². The molecule has 0 spiro atoms. The van der Waals surface area contributed by atoms with E-state index in [1.54, 1.807) is 0 Å². The molecule has 1 aliphatic carbocycles. The average Bonchev–Trinajstić information content (AvgIpc) is 2.52. The van der Waals surface area contributed by atoms with Crippen LogP contribution in [-0.2, 0) is 0 Å². The number of nitrogens with zero attached hydrogens (tertiary/aromatic N) is 1. The lowest BCUT2D eigenvalue weighted by atomic mass is 9.87. The summed E-state index contributed by atoms with van der Waals surface area (Å²) in [7, 11) is 0. The van der Waals surface area contributed by atoms with Crippen molar-refractivity contribution in [3.8, 4) is 0 Å². The standard InChI is InChI=1S/C21H36N2/c1-6-9-12-23(8-3)16-20-10-11-21(17(4)13-20)15-19(7-2)14-18(5)22/h7,10,13,15,18,21H,2,6,8-9,11-12,14,16,22H2,1,3-5H3/b19-15+/t18?,21-/m1/s1. The Morgan fingerprint density at radius 3 is 2.74 bits per heavy atom. The maximum Gasteiger partial charge on any atom is 0.0230 e. The van der Waals surface area contributed by atoms with Crippen LogP contribution in [0.3, 0.4) is 0 Å². The molecule has 1 aliphatic rings. The molecule has 0 saturated heterocycles. The van der Waals surface area contributed by atoms with Crippen LogP contribution in [0.2, 0.25) is 0 Å². The Kier molecular flexibility index (Phi) is 9.20. The van der Waals surface area contributed by atoms with Gasteiger partial charge in [-0.05, 0) is 51.8 Å². The van der Waals surface area contributed by atoms with Crippen LogP contribution in [0.25, 0.3) is 0 Å². The van der Waals surface area contributed by atoms with Gasteiger partial charge in [-0.1, -0.05) is 62.3 Å². The van der Waals surface area contributed by atoms with E-state index in [1.165, 1.54) is 36.1 Å². The van der Waals surface area contributed by atoms with Crippen LogP contribution in [0.5, 0.6) is 0 Å². The highest BCUT2D eigenvalue weighted by Crippen LogP contribution is 2.27. The molecule has 1 rings (SSSR count). The number of likely N-dealkylation sites (N-methyl/N-ethyl adjacent to an activating group) is 1. The largest absolute Gasteiger partial charge is 0.328 e. The second-order valence-electron chi connectivity index (χ2n) is 6.86. The van der Waals surface area contributed by atoms with Crippen molar-refractivity contribution in [2.45, 2.75) is 59.4 Å². The van der Waals surface area contributed by atoms with Crippen LogP contribution in [0.4, 0.5) is 0 Å². The molecule has 0 aliphatic heterocycles. The lowest BCUT2D eigenvalue weighted by Gasteiger charge is -2.25. The lowest BCUT2D eigenvalue weighted by molar-refractivity contribution is 0.308. The van der Waals surface area contributed by atoms with Gasteiger partial charge in [-0.2, -0.15) is 0 Å². The van der Waals surface area contributed by atoms with Gasteiger partial charge in [0.05, 0.1) is 0 Å². The zero-order valence-corrected chi connectivity index (χ0v) is 15.6. The predicted molar refractivity (Wildman–Crippen MR) is 104 cm³/mol. The summed E-state index contributed by atoms with van der Waals surface area (Å²) in [6.45, 7) is 16.2. The Hall–Kier alpha value is -1.12. The molecule has 0 fully saturated rings. The summed E-state index contributed by atoms with van der Waals surface area (Å²) in [5.74, 6) is 0.496. The quantitative estimate of drug-likeness (QED) is 0.584. The lowest BCUT2D eigenvalue weighted by Crippen LogP contribution is -2.27. The first-order chi connectivity index (χ1) is 11.0. The normalized spacial score (nSPS) is 20.3. The van der Waals surface area contributed by atoms with Crippen molar-refractivity contribution in [2.24, 2.45) is 11.7 Å². The Morgan fingerprint density at radius 1 is 1.48 bits per heavy atom. The van der Waals surface area contributed by atoms with E-state index in [0.717, 1.165) is 25.9 Å². The molecular weight excluding hydrogens is 280 g/mol. The van der Waals surface area contributed by atoms with Gasteiger partial charge in [-0.15, -0.1) is 0 Å². The van der Waals surface area contributed by atoms with Crippen molar-refractivity contribution in [2.75, 3.05) is 19.6 Å². The van der Waals surface area contributed by atoms with Gasteiger partial charge in [0.25, 0.3) is 0 Å². The molecule has 130 valence electrons. The molecule has 23 heavy (non-hydrogen) atoms. The number of rotatable bonds is 10. The van der Waals surface area contributed by atoms with E-state index in [1.807, 2.05) is 6.08 Å². The van der Waals surface area contributed by atoms with Crippen LogP contribution < -0.4 is 5.73 Å². The van der Waals surface area contributed by atoms with Gasteiger partial charge in [0.1, 0.15) is 0 Å². The van der Waals surface area contributed by atoms with E-state index < -0.39 is 0 Å². The van der Waals surface area contributed by atoms with Gasteiger partial charge in [0, 0.05) is 18.5 Å². The summed E-state index contributed by atoms with van der Waals surface area (Å²) in [5, 5.41) is 0. The Labute approximate surface area is 143 Å². The maximum atomic E-state index is 5.92. The molecule has 0 heterocycles. The van der Waals surface area contributed by atoms with Crippen LogP contribution in [0.1, 0.15) is 53.4 Å². The fourth-order valence-corrected chi connectivity index (χ4v) is 3.07. The van der Waals surface area contributed by atoms with Gasteiger partial charge in [-0.25, -0.2) is 0 Å². The second-order valence-corrected chi connectivity index (χ2v) is 6.86. The Bertz CT molecular complexity index is 454. The smallest absolute Gasteiger partial charge is 0.0230 e. The molecule has 2 nitrogen and oxygen atoms in total. The van der Waals surface area contributed by atoms with E-state index in [2.05, 4.69) is 57.4 Å². The minimum atomic E-state index is 0.190. The molecule has 0 amide bonds. The molecule has 2 N–H and O–H groups in total. The minimum absolute atomic E-state index is 0.190. The van der Waals surface area contributed by atoms with Crippen molar-refractivity contribution in [1.29, 1.82) is 0 Å². The monoisotopic (exact) mass is 316 g/mol. The number of hydrogen-bond acceptors (Lipinski definition) is 2. The fourth-order valence-electron chi connectivity index (χ4n) is 3.07. The summed E-state index contributed by atoms with van der Waals surface area (Å²) in [6.07, 6.45) is 13.7. The predicted octanol–water partition coefficient (Wildman–Crippen LogP) is 4.85. The van der Waals surface area contributed by atoms with Gasteiger partial charge in [-0.3, -0.25) is 4.90 Å². The highest BCUT2D eigenvalue weighted by atomic mass is 15.1. The molecule has 2 heteroatoms. The van der Waals surface area contributed by atoms with E-state index in [-0.39, 0.29) is 6.04 Å². The highest BCUT2D eigenvalue weighted by molar-refractivity contribution is 5.34. The van der Waals surface area contributed by atoms with Gasteiger partial charge in [0.2, 0.25) is 0 Å². The first kappa shape index (κ1) is 19.9. The summed E-state index contributed by atoms with van der Waals surface area (Å²) in [4.78, 5) is 2.54. The maximum absolute atomic E-state index is 5.92. The van der Waals surface area contributed by atoms with E-state index in [0.29, 0.717) is 5.92 Å². The van der Waals surface area contributed by atoms with Crippen LogP contribution in [0, 0.1) is 5.92 Å². The van der Waals surface area contributed by atoms with E-state index >= 15 is 0 Å². The molecule has 1 unspecified atom stereocenters. The molecule has 0 aromatic rings. The topological polar surface area (TPSA) is 29.3 Å². The Balaban J connectivity index is 2.67. The molecule has 2 atom stereocenters. The summed E-state index contributed by atoms with van der Waals surface area (Å²) >= 11 is 0. The number of nitrogens with two attached hydrogens (primary N) is 1. The minimum Gasteiger partial charge on any atom is -0.328 e. The SMILES string of the molecule is C=C/C(=C\[C@H]1CC=C(CN(CC)CCCC)C=C1C)CC(C)N. The molecule has 0 aromatic carbocycles. The van der Waals surface area contributed by atoms with Crippen molar-refractivity contribution in [1.82, 2.24) is 4.90 Å². The first-order valence-electron chi connectivity index (χ1n) is 9.18. The van der Waals surface area contributed by atoms with Crippen molar-refractivity contribution >= 4 is 0 Å². The number of allylic oxidation sites excluding steroid dienone is 4. The summed E-state index contributed by atoms with van der Waals surface area (Å²) in [5.41, 5.74) is 10.1. The average molecular weight is 317 g/mol. The fraction of sp³-hybridized carbons (Fsp3) is 0.619. The second kappa shape index (κ2) is 10.6. The zero-order chi connectivity index (χ0) is 17.2. The van der Waals surface area contributed by atoms with E-state index in [9.17, 15) is 0 Å². The molecular formula is C21H36N2. The molecule has 0 bridgehead atoms. The van der Waals surface area contributed by atoms with E-state index in [4.69, 9.17) is 5.73 Å². The molecule has 0 radical (unpaired) electrons. The van der Waals surface area contributed by atoms with Gasteiger partial charge in [0.15, 0.2) is 0 Å². The first-order valence-corrected chi connectivity index (χ1v) is 9.18. The third-order valence-corrected chi connectivity index (χ3v) is 4.55. The van der Waals surface area contributed by atoms with Crippen LogP contribution >= 0.6 is 0 Å². The third-order valence-electron chi connectivity index (χ3n) is 4.55. The van der Waals surface area contributed by atoms with Gasteiger partial charge >= 0.3 is 0 Å². The summed E-state index contributed by atoms with van der Waals surface area (Å²) in [6, 6.07) is 0.190. The third kappa shape index (κ3) is 7.32. The molecule has 0 saturated carbocycles. The Morgan fingerprint density at radius 2 is 2.22 bits per heavy atom. The summed E-state index contributed by atoms with van der Waals surface area (Å²) < 4.78 is 0. The van der Waals surface area contributed by atoms with Crippen LogP contribution in [-0.4, -0.2) is 30.6 Å². The van der Waals surface area contributed by atoms with Crippen molar-refractivity contribution < 1.29 is 0 Å². The number of unbranched alkanes of at least 4 members (excludes halogenated alkanes) is 1.